The van der Waals surface area contributed by atoms with E-state index in [0.717, 1.165) is 11.4 Å². The van der Waals surface area contributed by atoms with Gasteiger partial charge in [-0.25, -0.2) is 0 Å². The molecule has 1 fully saturated rings. The molecular weight excluding hydrogens is 304 g/mol. The van der Waals surface area contributed by atoms with E-state index in [1.807, 2.05) is 24.3 Å². The molecule has 0 amide bonds. The van der Waals surface area contributed by atoms with Crippen molar-refractivity contribution in [1.82, 2.24) is 16.2 Å². The first kappa shape index (κ1) is 15.8. The van der Waals surface area contributed by atoms with Gasteiger partial charge >= 0.3 is 0 Å². The van der Waals surface area contributed by atoms with E-state index in [1.165, 1.54) is 25.7 Å². The third-order valence-corrected chi connectivity index (χ3v) is 3.73. The molecule has 0 aliphatic heterocycles. The van der Waals surface area contributed by atoms with Crippen molar-refractivity contribution in [2.24, 2.45) is 0 Å². The summed E-state index contributed by atoms with van der Waals surface area (Å²) < 4.78 is 5.16. The summed E-state index contributed by atoms with van der Waals surface area (Å²) in [6.07, 6.45) is 4.88. The van der Waals surface area contributed by atoms with Crippen molar-refractivity contribution in [2.45, 2.75) is 31.7 Å². The summed E-state index contributed by atoms with van der Waals surface area (Å²) in [4.78, 5) is 0. The first-order valence-electron chi connectivity index (χ1n) is 6.95. The fourth-order valence-electron chi connectivity index (χ4n) is 2.27. The smallest absolute Gasteiger partial charge is 0.189 e. The van der Waals surface area contributed by atoms with Gasteiger partial charge in [0.15, 0.2) is 10.2 Å². The van der Waals surface area contributed by atoms with Crippen molar-refractivity contribution in [3.8, 4) is 5.75 Å². The van der Waals surface area contributed by atoms with Gasteiger partial charge in [0.05, 0.1) is 7.11 Å². The Hall–Kier alpha value is -1.60. The van der Waals surface area contributed by atoms with E-state index in [2.05, 4.69) is 21.5 Å². The zero-order valence-electron chi connectivity index (χ0n) is 11.9. The van der Waals surface area contributed by atoms with E-state index >= 15 is 0 Å². The maximum absolute atomic E-state index is 5.22. The van der Waals surface area contributed by atoms with Crippen molar-refractivity contribution in [1.29, 1.82) is 0 Å². The zero-order chi connectivity index (χ0) is 15.1. The van der Waals surface area contributed by atoms with Crippen molar-refractivity contribution < 1.29 is 4.74 Å². The van der Waals surface area contributed by atoms with Crippen LogP contribution >= 0.6 is 24.4 Å². The summed E-state index contributed by atoms with van der Waals surface area (Å²) in [5.41, 5.74) is 6.61. The quantitative estimate of drug-likeness (QED) is 0.503. The highest BCUT2D eigenvalue weighted by molar-refractivity contribution is 7.80. The molecule has 2 rings (SSSR count). The highest BCUT2D eigenvalue weighted by Crippen LogP contribution is 2.17. The molecule has 0 radical (unpaired) electrons. The lowest BCUT2D eigenvalue weighted by molar-refractivity contribution is 0.415. The van der Waals surface area contributed by atoms with Crippen molar-refractivity contribution >= 4 is 40.3 Å². The van der Waals surface area contributed by atoms with Gasteiger partial charge in [-0.2, -0.15) is 0 Å². The first-order chi connectivity index (χ1) is 10.2. The number of methoxy groups -OCH3 is 1. The topological polar surface area (TPSA) is 57.4 Å². The Bertz CT molecular complexity index is 504. The van der Waals surface area contributed by atoms with E-state index in [1.54, 1.807) is 7.11 Å². The van der Waals surface area contributed by atoms with E-state index < -0.39 is 0 Å². The fraction of sp³-hybridized carbons (Fsp3) is 0.429. The lowest BCUT2D eigenvalue weighted by atomic mass is 10.3. The van der Waals surface area contributed by atoms with Gasteiger partial charge in [-0.1, -0.05) is 18.9 Å². The highest BCUT2D eigenvalue weighted by atomic mass is 32.1. The monoisotopic (exact) mass is 324 g/mol. The maximum Gasteiger partial charge on any atom is 0.189 e. The number of hydrogen-bond acceptors (Lipinski definition) is 3. The van der Waals surface area contributed by atoms with E-state index in [9.17, 15) is 0 Å². The molecule has 5 nitrogen and oxygen atoms in total. The molecule has 0 bridgehead atoms. The van der Waals surface area contributed by atoms with Crippen LogP contribution in [0.2, 0.25) is 0 Å². The molecule has 0 aromatic heterocycles. The number of hydrogen-bond donors (Lipinski definition) is 4. The lowest BCUT2D eigenvalue weighted by Gasteiger charge is -2.17. The van der Waals surface area contributed by atoms with Crippen LogP contribution in [-0.2, 0) is 0 Å². The Morgan fingerprint density at radius 2 is 1.86 bits per heavy atom. The normalized spacial score (nSPS) is 14.3. The predicted molar refractivity (Wildman–Crippen MR) is 93.5 cm³/mol. The van der Waals surface area contributed by atoms with Crippen LogP contribution < -0.4 is 26.2 Å². The van der Waals surface area contributed by atoms with Crippen molar-refractivity contribution in [3.05, 3.63) is 24.3 Å². The van der Waals surface area contributed by atoms with Crippen molar-refractivity contribution in [3.63, 3.8) is 0 Å². The first-order valence-corrected chi connectivity index (χ1v) is 7.76. The second kappa shape index (κ2) is 7.99. The second-order valence-corrected chi connectivity index (χ2v) is 5.71. The van der Waals surface area contributed by atoms with Crippen LogP contribution in [0.4, 0.5) is 5.69 Å². The van der Waals surface area contributed by atoms with E-state index in [4.69, 9.17) is 29.2 Å². The number of benzene rings is 1. The Morgan fingerprint density at radius 1 is 1.14 bits per heavy atom. The van der Waals surface area contributed by atoms with Crippen LogP contribution in [0.25, 0.3) is 0 Å². The fourth-order valence-corrected chi connectivity index (χ4v) is 2.65. The minimum Gasteiger partial charge on any atom is -0.497 e. The number of nitrogens with one attached hydrogen (secondary N) is 4. The van der Waals surface area contributed by atoms with Crippen LogP contribution in [0.1, 0.15) is 25.7 Å². The van der Waals surface area contributed by atoms with Crippen LogP contribution in [0.15, 0.2) is 24.3 Å². The number of anilines is 1. The molecule has 1 aliphatic rings. The Balaban J connectivity index is 1.72. The molecule has 0 saturated heterocycles. The molecule has 21 heavy (non-hydrogen) atoms. The van der Waals surface area contributed by atoms with Gasteiger partial charge in [-0.15, -0.1) is 0 Å². The number of rotatable bonds is 3. The Labute approximate surface area is 135 Å². The molecule has 1 aromatic rings. The third kappa shape index (κ3) is 5.35. The average molecular weight is 324 g/mol. The molecule has 114 valence electrons. The molecule has 0 unspecified atom stereocenters. The molecule has 0 atom stereocenters. The van der Waals surface area contributed by atoms with Crippen LogP contribution in [-0.4, -0.2) is 23.4 Å². The van der Waals surface area contributed by atoms with Gasteiger partial charge in [0, 0.05) is 17.8 Å². The van der Waals surface area contributed by atoms with Gasteiger partial charge in [0.2, 0.25) is 0 Å². The van der Waals surface area contributed by atoms with Gasteiger partial charge in [0.1, 0.15) is 5.75 Å². The summed E-state index contributed by atoms with van der Waals surface area (Å²) in [7, 11) is 1.63. The Morgan fingerprint density at radius 3 is 2.57 bits per heavy atom. The largest absolute Gasteiger partial charge is 0.497 e. The van der Waals surface area contributed by atoms with Gasteiger partial charge in [0.25, 0.3) is 0 Å². The lowest BCUT2D eigenvalue weighted by Crippen LogP contribution is -2.50. The molecular formula is C14H20N4OS2. The van der Waals surface area contributed by atoms with Crippen molar-refractivity contribution in [2.75, 3.05) is 12.4 Å². The minimum atomic E-state index is 0.443. The molecule has 1 aromatic carbocycles. The van der Waals surface area contributed by atoms with Gasteiger partial charge < -0.3 is 15.4 Å². The maximum atomic E-state index is 5.22. The summed E-state index contributed by atoms with van der Waals surface area (Å²) in [6, 6.07) is 8.02. The minimum absolute atomic E-state index is 0.443. The van der Waals surface area contributed by atoms with Crippen LogP contribution in [0, 0.1) is 0 Å². The number of ether oxygens (including phenoxy) is 1. The Kier molecular flexibility index (Phi) is 6.01. The van der Waals surface area contributed by atoms with E-state index in [-0.39, 0.29) is 0 Å². The standard InChI is InChI=1S/C14H20N4OS2/c1-19-12-8-4-7-11(9-12)16-14(21)18-17-13(20)15-10-5-2-3-6-10/h4,7-10H,2-3,5-6H2,1H3,(H2,15,17,20)(H2,16,18,21). The number of thiocarbonyl (C=S) groups is 2. The molecule has 1 saturated carbocycles. The summed E-state index contributed by atoms with van der Waals surface area (Å²) in [6.45, 7) is 0. The molecule has 1 aliphatic carbocycles. The summed E-state index contributed by atoms with van der Waals surface area (Å²) in [5.74, 6) is 0.772. The average Bonchev–Trinajstić information content (AvgIpc) is 2.98. The summed E-state index contributed by atoms with van der Waals surface area (Å²) in [5, 5.41) is 7.33. The molecule has 0 heterocycles. The van der Waals surface area contributed by atoms with E-state index in [0.29, 0.717) is 16.3 Å². The van der Waals surface area contributed by atoms with Gasteiger partial charge in [-0.3, -0.25) is 10.9 Å². The third-order valence-electron chi connectivity index (χ3n) is 3.31. The number of hydrazine groups is 1. The van der Waals surface area contributed by atoms with Crippen LogP contribution in [0.3, 0.4) is 0 Å². The van der Waals surface area contributed by atoms with Crippen LogP contribution in [0.5, 0.6) is 5.75 Å². The molecule has 0 spiro atoms. The predicted octanol–water partition coefficient (Wildman–Crippen LogP) is 2.30. The molecule has 4 N–H and O–H groups in total. The zero-order valence-corrected chi connectivity index (χ0v) is 13.6. The highest BCUT2D eigenvalue weighted by Gasteiger charge is 2.15. The second-order valence-electron chi connectivity index (χ2n) is 4.89. The SMILES string of the molecule is COc1cccc(NC(=S)NNC(=S)NC2CCCC2)c1. The van der Waals surface area contributed by atoms with Gasteiger partial charge in [-0.05, 0) is 49.4 Å². The molecule has 7 heteroatoms. The summed E-state index contributed by atoms with van der Waals surface area (Å²) >= 11 is 10.4.